The SMILES string of the molecule is O=C(CS(=O)Cc1nc(-c2ccsc2)no1)N1CCCc2ccccc21. The Hall–Kier alpha value is -2.32. The number of fused-ring (bicyclic) bond motifs is 1. The van der Waals surface area contributed by atoms with Crippen molar-refractivity contribution < 1.29 is 13.5 Å². The predicted octanol–water partition coefficient (Wildman–Crippen LogP) is 3.03. The quantitative estimate of drug-likeness (QED) is 0.673. The number of nitrogens with zero attached hydrogens (tertiary/aromatic N) is 3. The number of carbonyl (C=O) groups is 1. The number of thiophene rings is 1. The zero-order chi connectivity index (χ0) is 17.9. The van der Waals surface area contributed by atoms with Crippen molar-refractivity contribution in [2.45, 2.75) is 18.6 Å². The summed E-state index contributed by atoms with van der Waals surface area (Å²) in [7, 11) is -1.40. The van der Waals surface area contributed by atoms with Gasteiger partial charge in [-0.25, -0.2) is 0 Å². The highest BCUT2D eigenvalue weighted by Crippen LogP contribution is 2.27. The van der Waals surface area contributed by atoms with Gasteiger partial charge in [0.2, 0.25) is 17.6 Å². The van der Waals surface area contributed by atoms with Crippen molar-refractivity contribution in [2.24, 2.45) is 0 Å². The minimum absolute atomic E-state index is 0.0511. The van der Waals surface area contributed by atoms with Crippen LogP contribution < -0.4 is 4.90 Å². The second-order valence-corrected chi connectivity index (χ2v) is 8.27. The molecule has 1 amide bonds. The summed E-state index contributed by atoms with van der Waals surface area (Å²) in [6.45, 7) is 0.663. The van der Waals surface area contributed by atoms with Crippen LogP contribution >= 0.6 is 11.3 Å². The number of hydrogen-bond acceptors (Lipinski definition) is 6. The molecule has 1 unspecified atom stereocenters. The summed E-state index contributed by atoms with van der Waals surface area (Å²) in [6, 6.07) is 9.78. The molecule has 0 aliphatic carbocycles. The molecule has 0 fully saturated rings. The van der Waals surface area contributed by atoms with E-state index < -0.39 is 10.8 Å². The Morgan fingerprint density at radius 2 is 2.19 bits per heavy atom. The van der Waals surface area contributed by atoms with E-state index in [-0.39, 0.29) is 23.3 Å². The summed E-state index contributed by atoms with van der Waals surface area (Å²) < 4.78 is 17.6. The molecule has 1 aliphatic rings. The van der Waals surface area contributed by atoms with Crippen LogP contribution in [0.5, 0.6) is 0 Å². The van der Waals surface area contributed by atoms with E-state index in [0.29, 0.717) is 12.4 Å². The van der Waals surface area contributed by atoms with Crippen LogP contribution in [0.1, 0.15) is 17.9 Å². The lowest BCUT2D eigenvalue weighted by molar-refractivity contribution is -0.116. The Morgan fingerprint density at radius 3 is 3.04 bits per heavy atom. The van der Waals surface area contributed by atoms with Gasteiger partial charge in [0.05, 0.1) is 0 Å². The van der Waals surface area contributed by atoms with Gasteiger partial charge in [0.1, 0.15) is 11.5 Å². The molecule has 0 bridgehead atoms. The Labute approximate surface area is 157 Å². The van der Waals surface area contributed by atoms with Crippen LogP contribution in [-0.2, 0) is 27.8 Å². The van der Waals surface area contributed by atoms with E-state index in [9.17, 15) is 9.00 Å². The van der Waals surface area contributed by atoms with E-state index in [2.05, 4.69) is 10.1 Å². The fourth-order valence-electron chi connectivity index (χ4n) is 3.02. The first-order valence-electron chi connectivity index (χ1n) is 8.29. The molecular weight excluding hydrogens is 370 g/mol. The molecule has 1 aliphatic heterocycles. The predicted molar refractivity (Wildman–Crippen MR) is 101 cm³/mol. The summed E-state index contributed by atoms with van der Waals surface area (Å²) >= 11 is 1.54. The van der Waals surface area contributed by atoms with Gasteiger partial charge in [-0.15, -0.1) is 0 Å². The Balaban J connectivity index is 1.40. The first-order valence-corrected chi connectivity index (χ1v) is 10.7. The molecule has 1 aromatic carbocycles. The van der Waals surface area contributed by atoms with Gasteiger partial charge in [-0.3, -0.25) is 9.00 Å². The van der Waals surface area contributed by atoms with Crippen LogP contribution in [0, 0.1) is 0 Å². The zero-order valence-corrected chi connectivity index (χ0v) is 15.6. The van der Waals surface area contributed by atoms with E-state index >= 15 is 0 Å². The number of anilines is 1. The largest absolute Gasteiger partial charge is 0.338 e. The van der Waals surface area contributed by atoms with Gasteiger partial charge in [0, 0.05) is 34.0 Å². The van der Waals surface area contributed by atoms with E-state index in [1.807, 2.05) is 41.1 Å². The number of amides is 1. The van der Waals surface area contributed by atoms with Crippen molar-refractivity contribution in [3.63, 3.8) is 0 Å². The molecule has 3 heterocycles. The fraction of sp³-hybridized carbons (Fsp3) is 0.278. The molecule has 26 heavy (non-hydrogen) atoms. The summed E-state index contributed by atoms with van der Waals surface area (Å²) in [6.07, 6.45) is 1.89. The average Bonchev–Trinajstić information content (AvgIpc) is 3.32. The van der Waals surface area contributed by atoms with E-state index in [0.717, 1.165) is 29.7 Å². The maximum atomic E-state index is 12.6. The van der Waals surface area contributed by atoms with E-state index in [1.165, 1.54) is 0 Å². The summed E-state index contributed by atoms with van der Waals surface area (Å²) in [5.74, 6) is 0.669. The monoisotopic (exact) mass is 387 g/mol. The summed E-state index contributed by atoms with van der Waals surface area (Å²) in [5.41, 5.74) is 2.96. The molecule has 1 atom stereocenters. The molecular formula is C18H17N3O3S2. The van der Waals surface area contributed by atoms with Crippen molar-refractivity contribution in [1.82, 2.24) is 10.1 Å². The van der Waals surface area contributed by atoms with Gasteiger partial charge >= 0.3 is 0 Å². The molecule has 4 rings (SSSR count). The lowest BCUT2D eigenvalue weighted by atomic mass is 10.0. The maximum Gasteiger partial charge on any atom is 0.239 e. The van der Waals surface area contributed by atoms with Crippen LogP contribution in [0.4, 0.5) is 5.69 Å². The number of para-hydroxylation sites is 1. The highest BCUT2D eigenvalue weighted by molar-refractivity contribution is 7.84. The second-order valence-electron chi connectivity index (χ2n) is 6.03. The fourth-order valence-corrected chi connectivity index (χ4v) is 4.58. The molecule has 0 saturated carbocycles. The van der Waals surface area contributed by atoms with E-state index in [1.54, 1.807) is 16.2 Å². The number of aromatic nitrogens is 2. The molecule has 8 heteroatoms. The number of rotatable bonds is 5. The van der Waals surface area contributed by atoms with E-state index in [4.69, 9.17) is 4.52 Å². The molecule has 0 saturated heterocycles. The van der Waals surface area contributed by atoms with Crippen LogP contribution in [0.2, 0.25) is 0 Å². The molecule has 134 valence electrons. The molecule has 6 nitrogen and oxygen atoms in total. The Kier molecular flexibility index (Phi) is 4.94. The smallest absolute Gasteiger partial charge is 0.239 e. The molecule has 0 spiro atoms. The first kappa shape index (κ1) is 17.1. The molecule has 0 radical (unpaired) electrons. The molecule has 2 aromatic heterocycles. The molecule has 3 aromatic rings. The van der Waals surface area contributed by atoms with Gasteiger partial charge in [-0.1, -0.05) is 23.4 Å². The zero-order valence-electron chi connectivity index (χ0n) is 14.0. The normalized spacial score (nSPS) is 14.8. The van der Waals surface area contributed by atoms with Crippen molar-refractivity contribution in [3.05, 3.63) is 52.5 Å². The Morgan fingerprint density at radius 1 is 1.31 bits per heavy atom. The topological polar surface area (TPSA) is 76.3 Å². The lowest BCUT2D eigenvalue weighted by Crippen LogP contribution is -2.38. The second kappa shape index (κ2) is 7.51. The summed E-state index contributed by atoms with van der Waals surface area (Å²) in [4.78, 5) is 18.6. The number of hydrogen-bond donors (Lipinski definition) is 0. The van der Waals surface area contributed by atoms with Gasteiger partial charge in [-0.05, 0) is 35.9 Å². The third-order valence-electron chi connectivity index (χ3n) is 4.23. The number of aryl methyl sites for hydroxylation is 1. The third-order valence-corrected chi connectivity index (χ3v) is 6.05. The summed E-state index contributed by atoms with van der Waals surface area (Å²) in [5, 5.41) is 7.75. The van der Waals surface area contributed by atoms with Crippen LogP contribution in [0.15, 0.2) is 45.6 Å². The minimum atomic E-state index is -1.40. The van der Waals surface area contributed by atoms with Crippen molar-refractivity contribution in [2.75, 3.05) is 17.2 Å². The highest BCUT2D eigenvalue weighted by Gasteiger charge is 2.24. The third kappa shape index (κ3) is 3.61. The standard InChI is InChI=1S/C18H17N3O3S2/c22-17(21-8-3-5-13-4-1-2-6-15(13)21)12-26(23)11-16-19-18(20-24-16)14-7-9-25-10-14/h1-2,4,6-7,9-10H,3,5,8,11-12H2. The first-order chi connectivity index (χ1) is 12.7. The van der Waals surface area contributed by atoms with Crippen LogP contribution in [-0.4, -0.2) is 32.6 Å². The van der Waals surface area contributed by atoms with Crippen molar-refractivity contribution in [3.8, 4) is 11.4 Å². The van der Waals surface area contributed by atoms with Crippen molar-refractivity contribution >= 4 is 33.7 Å². The van der Waals surface area contributed by atoms with Gasteiger partial charge in [0.15, 0.2) is 0 Å². The highest BCUT2D eigenvalue weighted by atomic mass is 32.2. The minimum Gasteiger partial charge on any atom is -0.338 e. The van der Waals surface area contributed by atoms with Gasteiger partial charge in [0.25, 0.3) is 0 Å². The average molecular weight is 387 g/mol. The molecule has 0 N–H and O–H groups in total. The van der Waals surface area contributed by atoms with Crippen LogP contribution in [0.25, 0.3) is 11.4 Å². The lowest BCUT2D eigenvalue weighted by Gasteiger charge is -2.29. The Bertz CT molecular complexity index is 937. The van der Waals surface area contributed by atoms with Crippen molar-refractivity contribution in [1.29, 1.82) is 0 Å². The van der Waals surface area contributed by atoms with Crippen LogP contribution in [0.3, 0.4) is 0 Å². The maximum absolute atomic E-state index is 12.6. The van der Waals surface area contributed by atoms with Gasteiger partial charge < -0.3 is 9.42 Å². The number of benzene rings is 1. The van der Waals surface area contributed by atoms with Gasteiger partial charge in [-0.2, -0.15) is 16.3 Å². The number of carbonyl (C=O) groups excluding carboxylic acids is 1.